The molecule has 0 aliphatic heterocycles. The van der Waals surface area contributed by atoms with E-state index in [-0.39, 0.29) is 0 Å². The molecule has 2 aromatic rings. The van der Waals surface area contributed by atoms with Crippen molar-refractivity contribution in [1.82, 2.24) is 15.0 Å². The van der Waals surface area contributed by atoms with E-state index < -0.39 is 0 Å². The Balaban J connectivity index is 2.30. The van der Waals surface area contributed by atoms with Crippen molar-refractivity contribution in [1.29, 1.82) is 0 Å². The number of hydrogen-bond donors (Lipinski definition) is 0. The highest BCUT2D eigenvalue weighted by atomic mass is 35.5. The summed E-state index contributed by atoms with van der Waals surface area (Å²) in [7, 11) is 0. The van der Waals surface area contributed by atoms with Crippen molar-refractivity contribution in [3.63, 3.8) is 0 Å². The van der Waals surface area contributed by atoms with E-state index >= 15 is 0 Å². The van der Waals surface area contributed by atoms with Gasteiger partial charge in [-0.3, -0.25) is 0 Å². The number of benzene rings is 1. The summed E-state index contributed by atoms with van der Waals surface area (Å²) in [5.74, 6) is 0.395. The smallest absolute Gasteiger partial charge is 0.101 e. The van der Waals surface area contributed by atoms with Crippen LogP contribution in [0, 0.1) is 0 Å². The van der Waals surface area contributed by atoms with Crippen LogP contribution in [0.2, 0.25) is 5.02 Å². The molecule has 0 amide bonds. The SMILES string of the molecule is CCc1c(CCl)nnn1Cc1ccccc1Cl. The third-order valence-corrected chi connectivity index (χ3v) is 3.28. The van der Waals surface area contributed by atoms with Gasteiger partial charge in [0.15, 0.2) is 0 Å². The Kier molecular flexibility index (Phi) is 4.02. The topological polar surface area (TPSA) is 30.7 Å². The summed E-state index contributed by atoms with van der Waals surface area (Å²) in [6, 6.07) is 7.75. The van der Waals surface area contributed by atoms with Crippen LogP contribution in [0.1, 0.15) is 23.9 Å². The Labute approximate surface area is 110 Å². The van der Waals surface area contributed by atoms with Gasteiger partial charge in [-0.1, -0.05) is 41.9 Å². The predicted octanol–water partition coefficient (Wildman–Crippen LogP) is 3.28. The summed E-state index contributed by atoms with van der Waals surface area (Å²) in [5.41, 5.74) is 2.95. The van der Waals surface area contributed by atoms with Gasteiger partial charge in [-0.15, -0.1) is 16.7 Å². The van der Waals surface area contributed by atoms with Crippen LogP contribution in [0.3, 0.4) is 0 Å². The first-order chi connectivity index (χ1) is 8.26. The van der Waals surface area contributed by atoms with E-state index in [4.69, 9.17) is 23.2 Å². The van der Waals surface area contributed by atoms with E-state index in [2.05, 4.69) is 17.2 Å². The summed E-state index contributed by atoms with van der Waals surface area (Å²) in [6.07, 6.45) is 0.861. The molecular formula is C12H13Cl2N3. The third kappa shape index (κ3) is 2.61. The van der Waals surface area contributed by atoms with Crippen molar-refractivity contribution in [3.8, 4) is 0 Å². The monoisotopic (exact) mass is 269 g/mol. The van der Waals surface area contributed by atoms with Crippen LogP contribution in [0.15, 0.2) is 24.3 Å². The van der Waals surface area contributed by atoms with Gasteiger partial charge in [0.1, 0.15) is 5.69 Å². The van der Waals surface area contributed by atoms with Crippen LogP contribution in [-0.4, -0.2) is 15.0 Å². The van der Waals surface area contributed by atoms with E-state index in [1.54, 1.807) is 0 Å². The highest BCUT2D eigenvalue weighted by molar-refractivity contribution is 6.31. The first kappa shape index (κ1) is 12.4. The van der Waals surface area contributed by atoms with Crippen LogP contribution in [0.4, 0.5) is 0 Å². The molecular weight excluding hydrogens is 257 g/mol. The van der Waals surface area contributed by atoms with Gasteiger partial charge in [-0.05, 0) is 18.1 Å². The average molecular weight is 270 g/mol. The predicted molar refractivity (Wildman–Crippen MR) is 69.5 cm³/mol. The van der Waals surface area contributed by atoms with Gasteiger partial charge in [-0.25, -0.2) is 4.68 Å². The summed E-state index contributed by atoms with van der Waals surface area (Å²) in [4.78, 5) is 0. The van der Waals surface area contributed by atoms with Crippen molar-refractivity contribution in [2.45, 2.75) is 25.8 Å². The van der Waals surface area contributed by atoms with Crippen LogP contribution in [0.25, 0.3) is 0 Å². The lowest BCUT2D eigenvalue weighted by atomic mass is 10.2. The van der Waals surface area contributed by atoms with E-state index in [1.807, 2.05) is 28.9 Å². The maximum absolute atomic E-state index is 6.12. The summed E-state index contributed by atoms with van der Waals surface area (Å²) in [6.45, 7) is 2.70. The van der Waals surface area contributed by atoms with Gasteiger partial charge >= 0.3 is 0 Å². The van der Waals surface area contributed by atoms with Gasteiger partial charge in [-0.2, -0.15) is 0 Å². The molecule has 17 heavy (non-hydrogen) atoms. The molecule has 0 atom stereocenters. The maximum atomic E-state index is 6.12. The minimum Gasteiger partial charge on any atom is -0.245 e. The molecule has 1 aromatic carbocycles. The number of rotatable bonds is 4. The zero-order valence-electron chi connectivity index (χ0n) is 9.53. The van der Waals surface area contributed by atoms with Crippen LogP contribution in [-0.2, 0) is 18.8 Å². The molecule has 0 aliphatic rings. The Morgan fingerprint density at radius 1 is 1.29 bits per heavy atom. The normalized spacial score (nSPS) is 10.8. The number of nitrogens with zero attached hydrogens (tertiary/aromatic N) is 3. The summed E-state index contributed by atoms with van der Waals surface area (Å²) in [5, 5.41) is 8.93. The van der Waals surface area contributed by atoms with Gasteiger partial charge in [0.2, 0.25) is 0 Å². The lowest BCUT2D eigenvalue weighted by Crippen LogP contribution is -2.07. The molecule has 5 heteroatoms. The van der Waals surface area contributed by atoms with Crippen LogP contribution < -0.4 is 0 Å². The molecule has 0 saturated carbocycles. The molecule has 1 aromatic heterocycles. The molecule has 0 radical (unpaired) electrons. The Morgan fingerprint density at radius 3 is 2.71 bits per heavy atom. The average Bonchev–Trinajstić information content (AvgIpc) is 2.74. The molecule has 0 bridgehead atoms. The highest BCUT2D eigenvalue weighted by Crippen LogP contribution is 2.18. The zero-order chi connectivity index (χ0) is 12.3. The molecule has 0 saturated heterocycles. The van der Waals surface area contributed by atoms with Crippen LogP contribution in [0.5, 0.6) is 0 Å². The van der Waals surface area contributed by atoms with Crippen molar-refractivity contribution >= 4 is 23.2 Å². The Bertz CT molecular complexity index is 508. The number of aromatic nitrogens is 3. The van der Waals surface area contributed by atoms with Crippen LogP contribution >= 0.6 is 23.2 Å². The van der Waals surface area contributed by atoms with E-state index in [1.165, 1.54) is 0 Å². The second kappa shape index (κ2) is 5.52. The molecule has 0 aliphatic carbocycles. The summed E-state index contributed by atoms with van der Waals surface area (Å²) >= 11 is 11.9. The van der Waals surface area contributed by atoms with Gasteiger partial charge in [0, 0.05) is 5.02 Å². The third-order valence-electron chi connectivity index (χ3n) is 2.66. The molecule has 3 nitrogen and oxygen atoms in total. The fourth-order valence-corrected chi connectivity index (χ4v) is 2.18. The Morgan fingerprint density at radius 2 is 2.06 bits per heavy atom. The van der Waals surface area contributed by atoms with Gasteiger partial charge < -0.3 is 0 Å². The highest BCUT2D eigenvalue weighted by Gasteiger charge is 2.11. The lowest BCUT2D eigenvalue weighted by molar-refractivity contribution is 0.622. The molecule has 0 N–H and O–H groups in total. The molecule has 0 unspecified atom stereocenters. The largest absolute Gasteiger partial charge is 0.245 e. The van der Waals surface area contributed by atoms with Crippen molar-refractivity contribution in [3.05, 3.63) is 46.2 Å². The zero-order valence-corrected chi connectivity index (χ0v) is 11.0. The fourth-order valence-electron chi connectivity index (χ4n) is 1.77. The van der Waals surface area contributed by atoms with E-state index in [0.29, 0.717) is 12.4 Å². The van der Waals surface area contributed by atoms with Crippen molar-refractivity contribution < 1.29 is 0 Å². The number of hydrogen-bond acceptors (Lipinski definition) is 2. The minimum absolute atomic E-state index is 0.395. The fraction of sp³-hybridized carbons (Fsp3) is 0.333. The number of alkyl halides is 1. The van der Waals surface area contributed by atoms with E-state index in [9.17, 15) is 0 Å². The second-order valence-corrected chi connectivity index (χ2v) is 4.39. The minimum atomic E-state index is 0.395. The van der Waals surface area contributed by atoms with Gasteiger partial charge in [0.05, 0.1) is 18.1 Å². The standard InChI is InChI=1S/C12H13Cl2N3/c1-2-12-11(7-13)15-16-17(12)8-9-5-3-4-6-10(9)14/h3-6H,2,7-8H2,1H3. The van der Waals surface area contributed by atoms with Crippen molar-refractivity contribution in [2.24, 2.45) is 0 Å². The maximum Gasteiger partial charge on any atom is 0.101 e. The summed E-state index contributed by atoms with van der Waals surface area (Å²) < 4.78 is 1.86. The molecule has 0 spiro atoms. The van der Waals surface area contributed by atoms with Gasteiger partial charge in [0.25, 0.3) is 0 Å². The first-order valence-electron chi connectivity index (χ1n) is 5.46. The lowest BCUT2D eigenvalue weighted by Gasteiger charge is -2.07. The van der Waals surface area contributed by atoms with Crippen molar-refractivity contribution in [2.75, 3.05) is 0 Å². The number of halogens is 2. The first-order valence-corrected chi connectivity index (χ1v) is 6.38. The molecule has 2 rings (SSSR count). The Hall–Kier alpha value is -1.06. The molecule has 0 fully saturated rings. The molecule has 1 heterocycles. The molecule has 90 valence electrons. The quantitative estimate of drug-likeness (QED) is 0.798. The van der Waals surface area contributed by atoms with E-state index in [0.717, 1.165) is 28.4 Å². The second-order valence-electron chi connectivity index (χ2n) is 3.72.